The van der Waals surface area contributed by atoms with Gasteiger partial charge in [0.15, 0.2) is 5.82 Å². The molecule has 4 N–H and O–H groups in total. The number of aromatic carboxylic acids is 1. The molecule has 1 heterocycles. The quantitative estimate of drug-likeness (QED) is 0.294. The van der Waals surface area contributed by atoms with E-state index in [1.54, 1.807) is 6.07 Å². The largest absolute Gasteiger partial charge is 0.478 e. The number of aliphatic hydroxyl groups is 1. The Labute approximate surface area is 176 Å². The van der Waals surface area contributed by atoms with Gasteiger partial charge in [-0.2, -0.15) is 8.42 Å². The summed E-state index contributed by atoms with van der Waals surface area (Å²) in [5.41, 5.74) is 0.230. The molecular formula is C15H14Br2N4O6S. The van der Waals surface area contributed by atoms with Crippen LogP contribution >= 0.6 is 31.9 Å². The zero-order valence-electron chi connectivity index (χ0n) is 14.0. The summed E-state index contributed by atoms with van der Waals surface area (Å²) in [5, 5.41) is 29.5. The van der Waals surface area contributed by atoms with Gasteiger partial charge >= 0.3 is 5.97 Å². The summed E-state index contributed by atoms with van der Waals surface area (Å²) < 4.78 is 31.5. The lowest BCUT2D eigenvalue weighted by Gasteiger charge is -2.12. The van der Waals surface area contributed by atoms with Gasteiger partial charge in [-0.15, -0.1) is 10.2 Å². The van der Waals surface area contributed by atoms with Gasteiger partial charge in [-0.05, 0) is 56.1 Å². The number of aromatic nitrogens is 1. The van der Waals surface area contributed by atoms with Gasteiger partial charge in [-0.25, -0.2) is 9.78 Å². The highest BCUT2D eigenvalue weighted by Gasteiger charge is 2.15. The van der Waals surface area contributed by atoms with Gasteiger partial charge in [0, 0.05) is 22.9 Å². The molecular weight excluding hydrogens is 524 g/mol. The van der Waals surface area contributed by atoms with Crippen LogP contribution in [-0.2, 0) is 10.1 Å². The van der Waals surface area contributed by atoms with E-state index in [0.29, 0.717) is 10.2 Å². The van der Waals surface area contributed by atoms with Crippen LogP contribution in [0.2, 0.25) is 0 Å². The van der Waals surface area contributed by atoms with Gasteiger partial charge in [0.25, 0.3) is 10.1 Å². The lowest BCUT2D eigenvalue weighted by atomic mass is 10.1. The predicted molar refractivity (Wildman–Crippen MR) is 108 cm³/mol. The monoisotopic (exact) mass is 536 g/mol. The van der Waals surface area contributed by atoms with Crippen molar-refractivity contribution in [1.29, 1.82) is 0 Å². The highest BCUT2D eigenvalue weighted by molar-refractivity contribution is 9.11. The third-order valence-corrected chi connectivity index (χ3v) is 5.04. The van der Waals surface area contributed by atoms with Crippen molar-refractivity contribution in [2.24, 2.45) is 10.2 Å². The van der Waals surface area contributed by atoms with E-state index in [-0.39, 0.29) is 23.6 Å². The molecule has 0 aliphatic carbocycles. The number of nitrogens with zero attached hydrogens (tertiary/aromatic N) is 3. The minimum atomic E-state index is -4.32. The summed E-state index contributed by atoms with van der Waals surface area (Å²) in [4.78, 5) is 15.6. The third-order valence-electron chi connectivity index (χ3n) is 3.21. The summed E-state index contributed by atoms with van der Waals surface area (Å²) >= 11 is 6.53. The number of benzene rings is 1. The molecule has 2 rings (SSSR count). The van der Waals surface area contributed by atoms with Crippen LogP contribution in [-0.4, -0.2) is 52.5 Å². The molecule has 0 aliphatic rings. The Bertz CT molecular complexity index is 1020. The van der Waals surface area contributed by atoms with Crippen LogP contribution in [0, 0.1) is 0 Å². The first-order chi connectivity index (χ1) is 13.0. The van der Waals surface area contributed by atoms with Crippen LogP contribution in [0.15, 0.2) is 49.6 Å². The molecule has 0 saturated carbocycles. The van der Waals surface area contributed by atoms with Gasteiger partial charge in [-0.1, -0.05) is 0 Å². The van der Waals surface area contributed by atoms with Crippen molar-refractivity contribution in [3.05, 3.63) is 45.0 Å². The predicted octanol–water partition coefficient (Wildman–Crippen LogP) is 3.38. The molecule has 0 saturated heterocycles. The van der Waals surface area contributed by atoms with Crippen LogP contribution in [0.3, 0.4) is 0 Å². The summed E-state index contributed by atoms with van der Waals surface area (Å²) in [6, 6.07) is 5.87. The van der Waals surface area contributed by atoms with Gasteiger partial charge in [-0.3, -0.25) is 4.55 Å². The molecule has 13 heteroatoms. The highest BCUT2D eigenvalue weighted by atomic mass is 79.9. The van der Waals surface area contributed by atoms with Crippen LogP contribution in [0.4, 0.5) is 17.2 Å². The van der Waals surface area contributed by atoms with Crippen molar-refractivity contribution >= 4 is 65.1 Å². The van der Waals surface area contributed by atoms with Crippen LogP contribution in [0.25, 0.3) is 0 Å². The standard InChI is InChI=1S/C15H14Br2N4O6S/c16-8-3-12(17)14(19-5-8)21-20-13-2-1-9(4-11(13)15(23)24)18-6-10(22)7-28(25,26)27/h1-5,10,18,22H,6-7H2,(H,23,24)(H,25,26,27). The number of pyridine rings is 1. The van der Waals surface area contributed by atoms with Gasteiger partial charge in [0.2, 0.25) is 0 Å². The second-order valence-electron chi connectivity index (χ2n) is 5.48. The zero-order chi connectivity index (χ0) is 20.9. The molecule has 150 valence electrons. The Morgan fingerprint density at radius 3 is 2.57 bits per heavy atom. The second-order valence-corrected chi connectivity index (χ2v) is 8.75. The number of carboxylic acids is 1. The maximum absolute atomic E-state index is 11.5. The fourth-order valence-electron chi connectivity index (χ4n) is 2.02. The zero-order valence-corrected chi connectivity index (χ0v) is 17.9. The average Bonchev–Trinajstić information content (AvgIpc) is 2.58. The Balaban J connectivity index is 2.18. The molecule has 10 nitrogen and oxygen atoms in total. The Morgan fingerprint density at radius 1 is 1.25 bits per heavy atom. The minimum absolute atomic E-state index is 0.0770. The Morgan fingerprint density at radius 2 is 1.96 bits per heavy atom. The average molecular weight is 538 g/mol. The molecule has 0 amide bonds. The van der Waals surface area contributed by atoms with Crippen molar-refractivity contribution in [1.82, 2.24) is 4.98 Å². The van der Waals surface area contributed by atoms with Gasteiger partial charge in [0.05, 0.1) is 16.1 Å². The minimum Gasteiger partial charge on any atom is -0.478 e. The maximum atomic E-state index is 11.5. The number of carboxylic acid groups (broad SMARTS) is 1. The number of anilines is 1. The molecule has 2 aromatic rings. The fraction of sp³-hybridized carbons (Fsp3) is 0.200. The van der Waals surface area contributed by atoms with Gasteiger partial charge in [0.1, 0.15) is 11.4 Å². The molecule has 0 bridgehead atoms. The normalized spacial score (nSPS) is 12.9. The topological polar surface area (TPSA) is 162 Å². The van der Waals surface area contributed by atoms with E-state index in [9.17, 15) is 23.4 Å². The van der Waals surface area contributed by atoms with Crippen molar-refractivity contribution < 1.29 is 28.0 Å². The third kappa shape index (κ3) is 6.91. The first-order valence-corrected chi connectivity index (χ1v) is 10.7. The summed E-state index contributed by atoms with van der Waals surface area (Å²) in [7, 11) is -4.32. The highest BCUT2D eigenvalue weighted by Crippen LogP contribution is 2.29. The van der Waals surface area contributed by atoms with E-state index in [1.165, 1.54) is 24.4 Å². The Hall–Kier alpha value is -1.93. The number of aliphatic hydroxyl groups excluding tert-OH is 1. The first-order valence-electron chi connectivity index (χ1n) is 7.52. The van der Waals surface area contributed by atoms with Crippen LogP contribution < -0.4 is 5.32 Å². The number of azo groups is 1. The summed E-state index contributed by atoms with van der Waals surface area (Å²) in [6.07, 6.45) is 0.144. The van der Waals surface area contributed by atoms with E-state index in [0.717, 1.165) is 4.47 Å². The van der Waals surface area contributed by atoms with Gasteiger partial charge < -0.3 is 15.5 Å². The lowest BCUT2D eigenvalue weighted by molar-refractivity contribution is 0.0697. The van der Waals surface area contributed by atoms with Crippen molar-refractivity contribution in [2.75, 3.05) is 17.6 Å². The molecule has 1 unspecified atom stereocenters. The number of carbonyl (C=O) groups is 1. The number of hydrogen-bond acceptors (Lipinski definition) is 8. The van der Waals surface area contributed by atoms with E-state index < -0.39 is 27.9 Å². The summed E-state index contributed by atoms with van der Waals surface area (Å²) in [5.74, 6) is -1.83. The van der Waals surface area contributed by atoms with E-state index >= 15 is 0 Å². The molecule has 0 spiro atoms. The van der Waals surface area contributed by atoms with Crippen molar-refractivity contribution in [3.63, 3.8) is 0 Å². The Kier molecular flexibility index (Phi) is 7.60. The van der Waals surface area contributed by atoms with Crippen LogP contribution in [0.1, 0.15) is 10.4 Å². The number of nitrogens with one attached hydrogen (secondary N) is 1. The maximum Gasteiger partial charge on any atom is 0.338 e. The smallest absolute Gasteiger partial charge is 0.338 e. The van der Waals surface area contributed by atoms with E-state index in [2.05, 4.69) is 52.4 Å². The van der Waals surface area contributed by atoms with E-state index in [4.69, 9.17) is 4.55 Å². The van der Waals surface area contributed by atoms with E-state index in [1.807, 2.05) is 0 Å². The first kappa shape index (κ1) is 22.4. The molecule has 1 aromatic carbocycles. The number of rotatable bonds is 8. The SMILES string of the molecule is O=C(O)c1cc(NCC(O)CS(=O)(=O)O)ccc1N=Nc1ncc(Br)cc1Br. The summed E-state index contributed by atoms with van der Waals surface area (Å²) in [6.45, 7) is -0.213. The lowest BCUT2D eigenvalue weighted by Crippen LogP contribution is -2.27. The molecule has 0 fully saturated rings. The van der Waals surface area contributed by atoms with Crippen LogP contribution in [0.5, 0.6) is 0 Å². The molecule has 1 atom stereocenters. The number of halogens is 2. The van der Waals surface area contributed by atoms with Crippen molar-refractivity contribution in [3.8, 4) is 0 Å². The molecule has 0 radical (unpaired) electrons. The number of hydrogen-bond donors (Lipinski definition) is 4. The fourth-order valence-corrected chi connectivity index (χ4v) is 3.70. The van der Waals surface area contributed by atoms with Crippen molar-refractivity contribution in [2.45, 2.75) is 6.10 Å². The molecule has 0 aliphatic heterocycles. The molecule has 28 heavy (non-hydrogen) atoms. The second kappa shape index (κ2) is 9.52. The molecule has 1 aromatic heterocycles.